The molecule has 0 N–H and O–H groups in total. The number of hydrogen-bond acceptors (Lipinski definition) is 3. The van der Waals surface area contributed by atoms with Crippen LogP contribution in [0.2, 0.25) is 5.02 Å². The van der Waals surface area contributed by atoms with Gasteiger partial charge in [-0.15, -0.1) is 0 Å². The Morgan fingerprint density at radius 3 is 2.91 bits per heavy atom. The summed E-state index contributed by atoms with van der Waals surface area (Å²) in [6, 6.07) is 5.56. The fourth-order valence-electron chi connectivity index (χ4n) is 2.15. The molecule has 1 aliphatic carbocycles. The molecule has 0 saturated heterocycles. The number of nitrogens with zero attached hydrogens (tertiary/aromatic N) is 1. The van der Waals surface area contributed by atoms with Crippen LogP contribution in [-0.4, -0.2) is 36.7 Å². The molecule has 1 amide bonds. The highest BCUT2D eigenvalue weighted by Crippen LogP contribution is 2.30. The van der Waals surface area contributed by atoms with E-state index < -0.39 is 0 Å². The maximum absolute atomic E-state index is 12.0. The van der Waals surface area contributed by atoms with Crippen LogP contribution in [0.5, 0.6) is 5.75 Å². The van der Waals surface area contributed by atoms with Crippen LogP contribution in [0.3, 0.4) is 0 Å². The van der Waals surface area contributed by atoms with Gasteiger partial charge in [0.15, 0.2) is 0 Å². The lowest BCUT2D eigenvalue weighted by Gasteiger charge is -2.23. The average molecular weight is 324 g/mol. The molecule has 1 fully saturated rings. The van der Waals surface area contributed by atoms with E-state index in [4.69, 9.17) is 21.1 Å². The molecule has 0 heterocycles. The van der Waals surface area contributed by atoms with E-state index in [0.29, 0.717) is 43.2 Å². The van der Waals surface area contributed by atoms with Gasteiger partial charge >= 0.3 is 0 Å². The second-order valence-electron chi connectivity index (χ2n) is 5.20. The number of hydrogen-bond donors (Lipinski definition) is 0. The van der Waals surface area contributed by atoms with Crippen LogP contribution in [0.1, 0.15) is 25.3 Å². The van der Waals surface area contributed by atoms with Gasteiger partial charge in [-0.05, 0) is 31.9 Å². The fourth-order valence-corrected chi connectivity index (χ4v) is 2.40. The summed E-state index contributed by atoms with van der Waals surface area (Å²) < 4.78 is 11.2. The zero-order chi connectivity index (χ0) is 15.9. The smallest absolute Gasteiger partial charge is 0.246 e. The average Bonchev–Trinajstić information content (AvgIpc) is 3.33. The van der Waals surface area contributed by atoms with Gasteiger partial charge in [0.05, 0.1) is 24.3 Å². The van der Waals surface area contributed by atoms with Crippen LogP contribution in [0, 0.1) is 0 Å². The van der Waals surface area contributed by atoms with Gasteiger partial charge in [-0.2, -0.15) is 0 Å². The maximum Gasteiger partial charge on any atom is 0.246 e. The lowest BCUT2D eigenvalue weighted by molar-refractivity contribution is -0.127. The first-order chi connectivity index (χ1) is 10.7. The number of halogens is 1. The molecule has 0 aliphatic heterocycles. The predicted molar refractivity (Wildman–Crippen MR) is 87.2 cm³/mol. The van der Waals surface area contributed by atoms with Crippen LogP contribution in [-0.2, 0) is 16.1 Å². The minimum Gasteiger partial charge on any atom is -0.492 e. The molecule has 5 heteroatoms. The minimum atomic E-state index is -0.123. The highest BCUT2D eigenvalue weighted by Gasteiger charge is 2.22. The zero-order valence-electron chi connectivity index (χ0n) is 12.9. The molecule has 0 atom stereocenters. The minimum absolute atomic E-state index is 0.123. The summed E-state index contributed by atoms with van der Waals surface area (Å²) in [5.41, 5.74) is 0.885. The van der Waals surface area contributed by atoms with E-state index in [9.17, 15) is 4.79 Å². The third-order valence-corrected chi connectivity index (χ3v) is 3.72. The molecule has 120 valence electrons. The first kappa shape index (κ1) is 16.8. The Bertz CT molecular complexity index is 529. The van der Waals surface area contributed by atoms with Gasteiger partial charge in [0, 0.05) is 18.7 Å². The van der Waals surface area contributed by atoms with Crippen LogP contribution in [0.4, 0.5) is 0 Å². The Balaban J connectivity index is 2.06. The Labute approximate surface area is 136 Å². The quantitative estimate of drug-likeness (QED) is 0.653. The number of para-hydroxylation sites is 1. The molecule has 0 bridgehead atoms. The summed E-state index contributed by atoms with van der Waals surface area (Å²) >= 11 is 6.19. The molecule has 22 heavy (non-hydrogen) atoms. The van der Waals surface area contributed by atoms with Crippen molar-refractivity contribution in [1.82, 2.24) is 4.90 Å². The van der Waals surface area contributed by atoms with Crippen molar-refractivity contribution in [3.8, 4) is 5.75 Å². The van der Waals surface area contributed by atoms with Gasteiger partial charge in [0.25, 0.3) is 0 Å². The van der Waals surface area contributed by atoms with Crippen molar-refractivity contribution >= 4 is 17.5 Å². The van der Waals surface area contributed by atoms with E-state index in [-0.39, 0.29) is 5.91 Å². The summed E-state index contributed by atoms with van der Waals surface area (Å²) in [7, 11) is 0. The molecule has 1 aliphatic rings. The van der Waals surface area contributed by atoms with Crippen molar-refractivity contribution in [3.05, 3.63) is 41.4 Å². The molecule has 0 spiro atoms. The predicted octanol–water partition coefficient (Wildman–Crippen LogP) is 3.43. The third kappa shape index (κ3) is 4.75. The molecular formula is C17H22ClNO3. The molecule has 0 radical (unpaired) electrons. The lowest BCUT2D eigenvalue weighted by atomic mass is 10.2. The van der Waals surface area contributed by atoms with Crippen molar-refractivity contribution in [2.75, 3.05) is 19.8 Å². The lowest BCUT2D eigenvalue weighted by Crippen LogP contribution is -2.32. The first-order valence-corrected chi connectivity index (χ1v) is 7.96. The molecular weight excluding hydrogens is 302 g/mol. The monoisotopic (exact) mass is 323 g/mol. The third-order valence-electron chi connectivity index (χ3n) is 3.42. The molecule has 0 aromatic heterocycles. The topological polar surface area (TPSA) is 38.8 Å². The fraction of sp³-hybridized carbons (Fsp3) is 0.471. The van der Waals surface area contributed by atoms with Gasteiger partial charge in [0.1, 0.15) is 5.75 Å². The molecule has 4 nitrogen and oxygen atoms in total. The number of carbonyl (C=O) groups is 1. The molecule has 1 aromatic carbocycles. The normalized spacial score (nSPS) is 13.7. The standard InChI is InChI=1S/C17H22ClNO3/c1-3-16(20)19(10-11-22-14-8-9-14)12-13-6-5-7-15(18)17(13)21-4-2/h3,5-7,14H,1,4,8-12H2,2H3. The summed E-state index contributed by atoms with van der Waals surface area (Å²) in [4.78, 5) is 13.7. The summed E-state index contributed by atoms with van der Waals surface area (Å²) in [5.74, 6) is 0.512. The zero-order valence-corrected chi connectivity index (χ0v) is 13.6. The van der Waals surface area contributed by atoms with Gasteiger partial charge in [-0.3, -0.25) is 4.79 Å². The van der Waals surface area contributed by atoms with E-state index in [0.717, 1.165) is 18.4 Å². The van der Waals surface area contributed by atoms with Gasteiger partial charge in [-0.1, -0.05) is 30.3 Å². The number of benzene rings is 1. The van der Waals surface area contributed by atoms with Gasteiger partial charge < -0.3 is 14.4 Å². The second kappa shape index (κ2) is 8.20. The molecule has 1 aromatic rings. The van der Waals surface area contributed by atoms with Crippen molar-refractivity contribution in [2.45, 2.75) is 32.4 Å². The van der Waals surface area contributed by atoms with Crippen LogP contribution in [0.25, 0.3) is 0 Å². The van der Waals surface area contributed by atoms with E-state index >= 15 is 0 Å². The first-order valence-electron chi connectivity index (χ1n) is 7.58. The van der Waals surface area contributed by atoms with Crippen LogP contribution < -0.4 is 4.74 Å². The Morgan fingerprint density at radius 1 is 1.50 bits per heavy atom. The Morgan fingerprint density at radius 2 is 2.27 bits per heavy atom. The summed E-state index contributed by atoms with van der Waals surface area (Å²) in [5, 5.41) is 0.555. The van der Waals surface area contributed by atoms with Gasteiger partial charge in [-0.25, -0.2) is 0 Å². The molecule has 0 unspecified atom stereocenters. The summed E-state index contributed by atoms with van der Waals surface area (Å²) in [6.45, 7) is 7.49. The number of ether oxygens (including phenoxy) is 2. The van der Waals surface area contributed by atoms with E-state index in [1.165, 1.54) is 6.08 Å². The highest BCUT2D eigenvalue weighted by atomic mass is 35.5. The van der Waals surface area contributed by atoms with Crippen molar-refractivity contribution in [3.63, 3.8) is 0 Å². The van der Waals surface area contributed by atoms with Crippen LogP contribution in [0.15, 0.2) is 30.9 Å². The Kier molecular flexibility index (Phi) is 6.28. The Hall–Kier alpha value is -1.52. The van der Waals surface area contributed by atoms with Gasteiger partial charge in [0.2, 0.25) is 5.91 Å². The van der Waals surface area contributed by atoms with E-state index in [1.54, 1.807) is 11.0 Å². The van der Waals surface area contributed by atoms with Crippen molar-refractivity contribution in [2.24, 2.45) is 0 Å². The number of rotatable bonds is 9. The number of amides is 1. The molecule has 2 rings (SSSR count). The van der Waals surface area contributed by atoms with Crippen molar-refractivity contribution < 1.29 is 14.3 Å². The van der Waals surface area contributed by atoms with E-state index in [1.807, 2.05) is 19.1 Å². The second-order valence-corrected chi connectivity index (χ2v) is 5.60. The SMILES string of the molecule is C=CC(=O)N(CCOC1CC1)Cc1cccc(Cl)c1OCC. The largest absolute Gasteiger partial charge is 0.492 e. The summed E-state index contributed by atoms with van der Waals surface area (Å²) in [6.07, 6.45) is 3.95. The van der Waals surface area contributed by atoms with E-state index in [2.05, 4.69) is 6.58 Å². The van der Waals surface area contributed by atoms with Crippen molar-refractivity contribution in [1.29, 1.82) is 0 Å². The highest BCUT2D eigenvalue weighted by molar-refractivity contribution is 6.32. The maximum atomic E-state index is 12.0. The number of carbonyl (C=O) groups excluding carboxylic acids is 1. The van der Waals surface area contributed by atoms with Crippen LogP contribution >= 0.6 is 11.6 Å². The molecule has 1 saturated carbocycles.